The topological polar surface area (TPSA) is 13.1 Å². The zero-order valence-corrected chi connectivity index (χ0v) is 17.0. The Morgan fingerprint density at radius 2 is 2.10 bits per heavy atom. The molecule has 0 bridgehead atoms. The van der Waals surface area contributed by atoms with Crippen molar-refractivity contribution >= 4 is 39.4 Å². The molecule has 0 aliphatic heterocycles. The molecule has 0 atom stereocenters. The normalized spacial score (nSPS) is 11.6. The third-order valence-electron chi connectivity index (χ3n) is 3.46. The predicted octanol–water partition coefficient (Wildman–Crippen LogP) is 1.64. The molecule has 1 aromatic heterocycles. The molecule has 0 saturated heterocycles. The van der Waals surface area contributed by atoms with Crippen LogP contribution in [0.15, 0.2) is 17.0 Å². The Hall–Kier alpha value is -0.270. The summed E-state index contributed by atoms with van der Waals surface area (Å²) in [6, 6.07) is 4.39. The second-order valence-electron chi connectivity index (χ2n) is 4.64. The molecular formula is C16H22INOS2. The number of ether oxygens (including phenoxy) is 1. The zero-order chi connectivity index (χ0) is 14.7. The Morgan fingerprint density at radius 1 is 1.38 bits per heavy atom. The molecule has 0 saturated carbocycles. The molecule has 0 N–H and O–H groups in total. The predicted molar refractivity (Wildman–Crippen MR) is 90.8 cm³/mol. The first-order valence-electron chi connectivity index (χ1n) is 6.90. The van der Waals surface area contributed by atoms with Gasteiger partial charge in [0.05, 0.1) is 7.11 Å². The number of thioether (sulfide) groups is 1. The maximum absolute atomic E-state index is 5.44. The molecule has 0 fully saturated rings. The van der Waals surface area contributed by atoms with Crippen LogP contribution in [0.1, 0.15) is 30.8 Å². The van der Waals surface area contributed by atoms with Crippen molar-refractivity contribution < 1.29 is 33.3 Å². The van der Waals surface area contributed by atoms with E-state index in [-0.39, 0.29) is 24.0 Å². The van der Waals surface area contributed by atoms with Crippen LogP contribution in [0.4, 0.5) is 0 Å². The standard InChI is InChI=1S/C16H22NOS2.HI/c1-6-12(19-5)9-16-17(7-2)13-8-11(3)14(18-4)10-15(13)20-16;/h8-10H,6-7H2,1-5H3;1H/q+1;/p-1/b12-9+;. The van der Waals surface area contributed by atoms with Crippen molar-refractivity contribution in [3.05, 3.63) is 27.6 Å². The van der Waals surface area contributed by atoms with E-state index in [9.17, 15) is 0 Å². The van der Waals surface area contributed by atoms with Crippen LogP contribution in [0.25, 0.3) is 16.3 Å². The van der Waals surface area contributed by atoms with Gasteiger partial charge in [0, 0.05) is 18.2 Å². The summed E-state index contributed by atoms with van der Waals surface area (Å²) in [6.07, 6.45) is 5.55. The molecule has 2 aromatic rings. The lowest BCUT2D eigenvalue weighted by Gasteiger charge is -2.02. The maximum Gasteiger partial charge on any atom is 0.263 e. The van der Waals surface area contributed by atoms with Gasteiger partial charge in [0.1, 0.15) is 17.0 Å². The van der Waals surface area contributed by atoms with Gasteiger partial charge >= 0.3 is 0 Å². The van der Waals surface area contributed by atoms with Crippen molar-refractivity contribution in [1.82, 2.24) is 0 Å². The fourth-order valence-electron chi connectivity index (χ4n) is 2.33. The number of halogens is 1. The summed E-state index contributed by atoms with van der Waals surface area (Å²) in [5.74, 6) is 0.970. The van der Waals surface area contributed by atoms with Crippen LogP contribution in [-0.4, -0.2) is 13.4 Å². The number of hydrogen-bond donors (Lipinski definition) is 0. The Balaban J connectivity index is 0.00000220. The number of aryl methyl sites for hydroxylation is 2. The Labute approximate surface area is 152 Å². The maximum atomic E-state index is 5.44. The van der Waals surface area contributed by atoms with Gasteiger partial charge < -0.3 is 28.7 Å². The van der Waals surface area contributed by atoms with Gasteiger partial charge in [0.2, 0.25) is 5.52 Å². The van der Waals surface area contributed by atoms with Crippen LogP contribution in [0.5, 0.6) is 5.75 Å². The first kappa shape index (κ1) is 18.8. The van der Waals surface area contributed by atoms with Crippen LogP contribution in [0.2, 0.25) is 0 Å². The van der Waals surface area contributed by atoms with E-state index >= 15 is 0 Å². The van der Waals surface area contributed by atoms with Crippen molar-refractivity contribution in [2.24, 2.45) is 0 Å². The summed E-state index contributed by atoms with van der Waals surface area (Å²) in [6.45, 7) is 7.50. The lowest BCUT2D eigenvalue weighted by Crippen LogP contribution is -3.00. The SMILES string of the molecule is CC/C(=C\c1sc2cc(OC)c(C)cc2[n+]1CC)SC.[I-]. The van der Waals surface area contributed by atoms with Crippen LogP contribution >= 0.6 is 23.1 Å². The summed E-state index contributed by atoms with van der Waals surface area (Å²) in [4.78, 5) is 1.42. The van der Waals surface area contributed by atoms with Crippen molar-refractivity contribution in [1.29, 1.82) is 0 Å². The molecule has 116 valence electrons. The second kappa shape index (κ2) is 8.39. The molecular weight excluding hydrogens is 413 g/mol. The van der Waals surface area contributed by atoms with Gasteiger partial charge in [-0.25, -0.2) is 0 Å². The van der Waals surface area contributed by atoms with E-state index in [1.807, 2.05) is 23.1 Å². The van der Waals surface area contributed by atoms with E-state index < -0.39 is 0 Å². The zero-order valence-electron chi connectivity index (χ0n) is 13.2. The van der Waals surface area contributed by atoms with E-state index in [1.165, 1.54) is 25.7 Å². The Kier molecular flexibility index (Phi) is 7.50. The van der Waals surface area contributed by atoms with Gasteiger partial charge in [-0.3, -0.25) is 0 Å². The molecule has 0 amide bonds. The van der Waals surface area contributed by atoms with Crippen molar-refractivity contribution in [3.8, 4) is 5.75 Å². The first-order chi connectivity index (χ1) is 9.64. The fourth-order valence-corrected chi connectivity index (χ4v) is 4.13. The number of rotatable bonds is 5. The van der Waals surface area contributed by atoms with E-state index in [4.69, 9.17) is 4.74 Å². The third-order valence-corrected chi connectivity index (χ3v) is 5.48. The van der Waals surface area contributed by atoms with Gasteiger partial charge in [-0.15, -0.1) is 11.8 Å². The van der Waals surface area contributed by atoms with Gasteiger partial charge in [0.15, 0.2) is 0 Å². The number of thiazole rings is 1. The summed E-state index contributed by atoms with van der Waals surface area (Å²) in [7, 11) is 1.74. The second-order valence-corrected chi connectivity index (χ2v) is 6.64. The summed E-state index contributed by atoms with van der Waals surface area (Å²) in [5, 5.41) is 1.32. The van der Waals surface area contributed by atoms with E-state index in [1.54, 1.807) is 7.11 Å². The minimum Gasteiger partial charge on any atom is -1.00 e. The molecule has 0 radical (unpaired) electrons. The Bertz CT molecular complexity index is 643. The van der Waals surface area contributed by atoms with Crippen molar-refractivity contribution in [2.75, 3.05) is 13.4 Å². The number of benzene rings is 1. The van der Waals surface area contributed by atoms with Crippen LogP contribution in [-0.2, 0) is 6.54 Å². The highest BCUT2D eigenvalue weighted by Crippen LogP contribution is 2.30. The minimum atomic E-state index is 0. The minimum absolute atomic E-state index is 0. The van der Waals surface area contributed by atoms with Crippen molar-refractivity contribution in [3.63, 3.8) is 0 Å². The molecule has 5 heteroatoms. The Morgan fingerprint density at radius 3 is 2.62 bits per heavy atom. The van der Waals surface area contributed by atoms with E-state index in [0.29, 0.717) is 0 Å². The molecule has 2 nitrogen and oxygen atoms in total. The van der Waals surface area contributed by atoms with E-state index in [2.05, 4.69) is 49.8 Å². The number of hydrogen-bond acceptors (Lipinski definition) is 3. The van der Waals surface area contributed by atoms with Crippen molar-refractivity contribution in [2.45, 2.75) is 33.7 Å². The number of allylic oxidation sites excluding steroid dienone is 1. The lowest BCUT2D eigenvalue weighted by atomic mass is 10.2. The summed E-state index contributed by atoms with van der Waals surface area (Å²) >= 11 is 3.67. The average Bonchev–Trinajstić information content (AvgIpc) is 2.79. The molecule has 2 rings (SSSR count). The smallest absolute Gasteiger partial charge is 0.263 e. The number of methoxy groups -OCH3 is 1. The van der Waals surface area contributed by atoms with E-state index in [0.717, 1.165) is 18.7 Å². The van der Waals surface area contributed by atoms with Crippen LogP contribution in [0.3, 0.4) is 0 Å². The van der Waals surface area contributed by atoms with Gasteiger partial charge in [-0.05, 0) is 37.0 Å². The largest absolute Gasteiger partial charge is 1.00 e. The van der Waals surface area contributed by atoms with Crippen LogP contribution in [0, 0.1) is 6.92 Å². The highest BCUT2D eigenvalue weighted by molar-refractivity contribution is 8.02. The van der Waals surface area contributed by atoms with Crippen LogP contribution < -0.4 is 33.3 Å². The molecule has 0 unspecified atom stereocenters. The lowest BCUT2D eigenvalue weighted by molar-refractivity contribution is -0.665. The third kappa shape index (κ3) is 3.93. The molecule has 0 aliphatic rings. The van der Waals surface area contributed by atoms with Gasteiger partial charge in [0.25, 0.3) is 5.01 Å². The highest BCUT2D eigenvalue weighted by Gasteiger charge is 2.19. The molecule has 1 aromatic carbocycles. The first-order valence-corrected chi connectivity index (χ1v) is 8.94. The van der Waals surface area contributed by atoms with Gasteiger partial charge in [-0.2, -0.15) is 4.57 Å². The average molecular weight is 435 g/mol. The fraction of sp³-hybridized carbons (Fsp3) is 0.438. The summed E-state index contributed by atoms with van der Waals surface area (Å²) < 4.78 is 9.11. The quantitative estimate of drug-likeness (QED) is 0.524. The molecule has 1 heterocycles. The molecule has 0 aliphatic carbocycles. The number of nitrogens with zero attached hydrogens (tertiary/aromatic N) is 1. The van der Waals surface area contributed by atoms with Gasteiger partial charge in [-0.1, -0.05) is 18.3 Å². The summed E-state index contributed by atoms with van der Waals surface area (Å²) in [5.41, 5.74) is 2.50. The molecule has 0 spiro atoms. The molecule has 21 heavy (non-hydrogen) atoms. The number of aromatic nitrogens is 1. The highest BCUT2D eigenvalue weighted by atomic mass is 127. The number of fused-ring (bicyclic) bond motifs is 1. The monoisotopic (exact) mass is 435 g/mol.